The number of nitrogens with one attached hydrogen (secondary N) is 2. The molecule has 1 aromatic rings. The maximum absolute atomic E-state index is 12.9. The van der Waals surface area contributed by atoms with Crippen LogP contribution < -0.4 is 10.7 Å². The monoisotopic (exact) mass is 367 g/mol. The first-order chi connectivity index (χ1) is 12.9. The second kappa shape index (κ2) is 6.18. The number of hydrazone groups is 1. The van der Waals surface area contributed by atoms with Gasteiger partial charge in [-0.05, 0) is 55.9 Å². The molecule has 1 aromatic carbocycles. The predicted octanol–water partition coefficient (Wildman–Crippen LogP) is 3.97. The van der Waals surface area contributed by atoms with Gasteiger partial charge in [-0.25, -0.2) is 5.43 Å². The lowest BCUT2D eigenvalue weighted by Crippen LogP contribution is -2.52. The summed E-state index contributed by atoms with van der Waals surface area (Å²) in [5.74, 6) is 0.420. The average Bonchev–Trinajstić information content (AvgIpc) is 3.17. The molecule has 4 rings (SSSR count). The molecule has 1 saturated carbocycles. The molecule has 4 atom stereocenters. The highest BCUT2D eigenvalue weighted by Crippen LogP contribution is 2.53. The second-order valence-electron chi connectivity index (χ2n) is 8.70. The number of hydrogen-bond donors (Lipinski definition) is 2. The van der Waals surface area contributed by atoms with Gasteiger partial charge in [0, 0.05) is 22.9 Å². The van der Waals surface area contributed by atoms with E-state index in [2.05, 4.69) is 49.6 Å². The van der Waals surface area contributed by atoms with Crippen molar-refractivity contribution in [1.29, 1.82) is 0 Å². The molecular formula is C22H29N3O2. The van der Waals surface area contributed by atoms with Gasteiger partial charge in [-0.2, -0.15) is 5.10 Å². The maximum atomic E-state index is 12.9. The zero-order chi connectivity index (χ0) is 19.4. The fourth-order valence-corrected chi connectivity index (χ4v) is 5.37. The smallest absolute Gasteiger partial charge is 0.243 e. The molecule has 1 aliphatic carbocycles. The average molecular weight is 367 g/mol. The van der Waals surface area contributed by atoms with Crippen molar-refractivity contribution in [3.05, 3.63) is 29.3 Å². The molecule has 5 nitrogen and oxygen atoms in total. The van der Waals surface area contributed by atoms with Gasteiger partial charge in [-0.1, -0.05) is 33.3 Å². The quantitative estimate of drug-likeness (QED) is 0.848. The van der Waals surface area contributed by atoms with Crippen LogP contribution in [0.1, 0.15) is 70.9 Å². The van der Waals surface area contributed by atoms with Crippen molar-refractivity contribution in [1.82, 2.24) is 5.43 Å². The van der Waals surface area contributed by atoms with Gasteiger partial charge in [-0.15, -0.1) is 0 Å². The molecule has 3 aliphatic rings. The van der Waals surface area contributed by atoms with Crippen molar-refractivity contribution in [2.75, 3.05) is 5.32 Å². The Bertz CT molecular complexity index is 846. The summed E-state index contributed by atoms with van der Waals surface area (Å²) >= 11 is 0. The minimum atomic E-state index is -0.453. The number of rotatable bonds is 3. The van der Waals surface area contributed by atoms with Gasteiger partial charge >= 0.3 is 0 Å². The Labute approximate surface area is 161 Å². The maximum Gasteiger partial charge on any atom is 0.243 e. The normalized spacial score (nSPS) is 35.0. The molecule has 27 heavy (non-hydrogen) atoms. The Kier molecular flexibility index (Phi) is 4.17. The minimum absolute atomic E-state index is 0.0479. The van der Waals surface area contributed by atoms with E-state index in [-0.39, 0.29) is 29.1 Å². The van der Waals surface area contributed by atoms with E-state index in [0.717, 1.165) is 49.1 Å². The number of benzene rings is 1. The lowest BCUT2D eigenvalue weighted by atomic mass is 9.56. The second-order valence-corrected chi connectivity index (χ2v) is 8.70. The van der Waals surface area contributed by atoms with Crippen LogP contribution >= 0.6 is 0 Å². The van der Waals surface area contributed by atoms with Crippen LogP contribution in [0.5, 0.6) is 0 Å². The first-order valence-corrected chi connectivity index (χ1v) is 10.2. The van der Waals surface area contributed by atoms with Crippen LogP contribution in [0.15, 0.2) is 23.3 Å². The van der Waals surface area contributed by atoms with Gasteiger partial charge < -0.3 is 5.32 Å². The molecule has 144 valence electrons. The Balaban J connectivity index is 1.82. The number of carbonyl (C=O) groups is 2. The van der Waals surface area contributed by atoms with Gasteiger partial charge in [0.15, 0.2) is 0 Å². The van der Waals surface area contributed by atoms with Crippen molar-refractivity contribution < 1.29 is 9.59 Å². The molecule has 0 spiro atoms. The highest BCUT2D eigenvalue weighted by Gasteiger charge is 2.52. The van der Waals surface area contributed by atoms with Crippen LogP contribution in [-0.2, 0) is 15.0 Å². The molecule has 5 heteroatoms. The topological polar surface area (TPSA) is 70.6 Å². The van der Waals surface area contributed by atoms with Crippen molar-refractivity contribution in [3.63, 3.8) is 0 Å². The van der Waals surface area contributed by atoms with Gasteiger partial charge in [-0.3, -0.25) is 9.59 Å². The van der Waals surface area contributed by atoms with Gasteiger partial charge in [0.05, 0.1) is 11.1 Å². The van der Waals surface area contributed by atoms with Crippen molar-refractivity contribution in [2.45, 2.75) is 65.2 Å². The third-order valence-corrected chi connectivity index (χ3v) is 7.78. The van der Waals surface area contributed by atoms with Crippen LogP contribution in [-0.4, -0.2) is 17.5 Å². The lowest BCUT2D eigenvalue weighted by Gasteiger charge is -2.49. The first kappa shape index (κ1) is 18.2. The molecule has 2 N–H and O–H groups in total. The third-order valence-electron chi connectivity index (χ3n) is 7.78. The largest absolute Gasteiger partial charge is 0.325 e. The number of nitrogens with zero attached hydrogens (tertiary/aromatic N) is 1. The van der Waals surface area contributed by atoms with E-state index in [0.29, 0.717) is 0 Å². The van der Waals surface area contributed by atoms with Crippen LogP contribution in [0.3, 0.4) is 0 Å². The number of amides is 2. The molecule has 0 aromatic heterocycles. The van der Waals surface area contributed by atoms with Crippen LogP contribution in [0, 0.1) is 17.3 Å². The molecular weight excluding hydrogens is 338 g/mol. The summed E-state index contributed by atoms with van der Waals surface area (Å²) < 4.78 is 0. The van der Waals surface area contributed by atoms with E-state index in [4.69, 9.17) is 0 Å². The predicted molar refractivity (Wildman–Crippen MR) is 107 cm³/mol. The zero-order valence-corrected chi connectivity index (χ0v) is 16.7. The van der Waals surface area contributed by atoms with Crippen LogP contribution in [0.2, 0.25) is 0 Å². The molecule has 0 saturated heterocycles. The summed E-state index contributed by atoms with van der Waals surface area (Å²) in [7, 11) is 0. The van der Waals surface area contributed by atoms with Crippen LogP contribution in [0.4, 0.5) is 5.69 Å². The molecule has 2 heterocycles. The third kappa shape index (κ3) is 2.40. The number of hydrogen-bond acceptors (Lipinski definition) is 3. The molecule has 1 fully saturated rings. The van der Waals surface area contributed by atoms with Gasteiger partial charge in [0.1, 0.15) is 0 Å². The summed E-state index contributed by atoms with van der Waals surface area (Å²) in [6.45, 7) is 8.54. The van der Waals surface area contributed by atoms with E-state index in [1.54, 1.807) is 0 Å². The Hall–Kier alpha value is -2.17. The SMILES string of the molecule is CCC1(C)C(=O)Nc2ccc(C3=NNC(=O)C4CCCC34)cc2C1(C)CC. The van der Waals surface area contributed by atoms with Gasteiger partial charge in [0.25, 0.3) is 0 Å². The number of fused-ring (bicyclic) bond motifs is 2. The number of anilines is 1. The first-order valence-electron chi connectivity index (χ1n) is 10.2. The Morgan fingerprint density at radius 2 is 1.78 bits per heavy atom. The fraction of sp³-hybridized carbons (Fsp3) is 0.591. The lowest BCUT2D eigenvalue weighted by molar-refractivity contribution is -0.130. The van der Waals surface area contributed by atoms with Crippen LogP contribution in [0.25, 0.3) is 0 Å². The van der Waals surface area contributed by atoms with E-state index in [1.807, 2.05) is 12.1 Å². The number of carbonyl (C=O) groups excluding carboxylic acids is 2. The Morgan fingerprint density at radius 3 is 2.48 bits per heavy atom. The van der Waals surface area contributed by atoms with E-state index < -0.39 is 5.41 Å². The minimum Gasteiger partial charge on any atom is -0.325 e. The van der Waals surface area contributed by atoms with E-state index in [1.165, 1.54) is 5.56 Å². The summed E-state index contributed by atoms with van der Waals surface area (Å²) in [5, 5.41) is 7.57. The molecule has 4 unspecified atom stereocenters. The summed E-state index contributed by atoms with van der Waals surface area (Å²) in [6.07, 6.45) is 4.70. The highest BCUT2D eigenvalue weighted by molar-refractivity contribution is 6.08. The van der Waals surface area contributed by atoms with E-state index in [9.17, 15) is 9.59 Å². The standard InChI is InChI=1S/C22H29N3O2/c1-5-21(3)16-12-13(10-11-17(16)23-20(27)22(21,4)6-2)18-14-8-7-9-15(14)19(26)25-24-18/h10-12,14-15H,5-9H2,1-4H3,(H,23,27)(H,25,26). The Morgan fingerprint density at radius 1 is 1.07 bits per heavy atom. The highest BCUT2D eigenvalue weighted by atomic mass is 16.2. The fourth-order valence-electron chi connectivity index (χ4n) is 5.37. The summed E-state index contributed by atoms with van der Waals surface area (Å²) in [6, 6.07) is 6.25. The van der Waals surface area contributed by atoms with Crippen molar-refractivity contribution in [2.24, 2.45) is 22.4 Å². The molecule has 2 aliphatic heterocycles. The van der Waals surface area contributed by atoms with Crippen molar-refractivity contribution >= 4 is 23.2 Å². The molecule has 0 bridgehead atoms. The van der Waals surface area contributed by atoms with Gasteiger partial charge in [0.2, 0.25) is 11.8 Å². The molecule has 0 radical (unpaired) electrons. The summed E-state index contributed by atoms with van der Waals surface area (Å²) in [4.78, 5) is 25.0. The summed E-state index contributed by atoms with van der Waals surface area (Å²) in [5.41, 5.74) is 6.18. The van der Waals surface area contributed by atoms with E-state index >= 15 is 0 Å². The van der Waals surface area contributed by atoms with Crippen molar-refractivity contribution in [3.8, 4) is 0 Å². The zero-order valence-electron chi connectivity index (χ0n) is 16.7. The molecule has 2 amide bonds.